The maximum atomic E-state index is 13.1. The molecule has 1 aliphatic heterocycles. The molecule has 33 heavy (non-hydrogen) atoms. The van der Waals surface area contributed by atoms with Crippen molar-refractivity contribution in [3.05, 3.63) is 82.1 Å². The van der Waals surface area contributed by atoms with Gasteiger partial charge in [0.2, 0.25) is 0 Å². The van der Waals surface area contributed by atoms with Crippen LogP contribution >= 0.6 is 0 Å². The number of nitro groups is 1. The predicted octanol–water partition coefficient (Wildman–Crippen LogP) is 3.92. The summed E-state index contributed by atoms with van der Waals surface area (Å²) >= 11 is 0. The van der Waals surface area contributed by atoms with Gasteiger partial charge in [-0.2, -0.15) is 0 Å². The smallest absolute Gasteiger partial charge is 0.336 e. The summed E-state index contributed by atoms with van der Waals surface area (Å²) in [7, 11) is 0. The van der Waals surface area contributed by atoms with Crippen molar-refractivity contribution in [1.29, 1.82) is 0 Å². The van der Waals surface area contributed by atoms with Gasteiger partial charge in [0.15, 0.2) is 0 Å². The third-order valence-corrected chi connectivity index (χ3v) is 4.78. The summed E-state index contributed by atoms with van der Waals surface area (Å²) in [6, 6.07) is 14.5. The second-order valence-corrected chi connectivity index (χ2v) is 6.86. The van der Waals surface area contributed by atoms with Crippen LogP contribution in [0, 0.1) is 10.1 Å². The molecule has 1 saturated heterocycles. The van der Waals surface area contributed by atoms with Crippen molar-refractivity contribution in [2.24, 2.45) is 0 Å². The molecule has 1 aliphatic rings. The molecule has 0 unspecified atom stereocenters. The van der Waals surface area contributed by atoms with E-state index in [1.807, 2.05) is 0 Å². The Labute approximate surface area is 187 Å². The van der Waals surface area contributed by atoms with Crippen molar-refractivity contribution in [1.82, 2.24) is 5.32 Å². The fourth-order valence-corrected chi connectivity index (χ4v) is 3.27. The van der Waals surface area contributed by atoms with Gasteiger partial charge in [-0.1, -0.05) is 12.1 Å². The average Bonchev–Trinajstić information content (AvgIpc) is 3.26. The number of carbonyl (C=O) groups is 3. The monoisotopic (exact) mass is 447 g/mol. The molecule has 1 N–H and O–H groups in total. The van der Waals surface area contributed by atoms with Crippen LogP contribution < -0.4 is 15.0 Å². The van der Waals surface area contributed by atoms with Crippen LogP contribution in [0.25, 0.3) is 17.4 Å². The molecule has 0 saturated carbocycles. The summed E-state index contributed by atoms with van der Waals surface area (Å²) in [5.74, 6) is -0.799. The van der Waals surface area contributed by atoms with E-state index in [2.05, 4.69) is 5.32 Å². The minimum Gasteiger partial charge on any atom is -0.492 e. The Morgan fingerprint density at radius 1 is 1.06 bits per heavy atom. The maximum Gasteiger partial charge on any atom is 0.336 e. The zero-order valence-electron chi connectivity index (χ0n) is 17.3. The highest BCUT2D eigenvalue weighted by Gasteiger charge is 2.38. The zero-order valence-corrected chi connectivity index (χ0v) is 17.3. The number of imide groups is 2. The van der Waals surface area contributed by atoms with E-state index in [9.17, 15) is 24.5 Å². The van der Waals surface area contributed by atoms with Crippen LogP contribution in [0.4, 0.5) is 16.2 Å². The van der Waals surface area contributed by atoms with Crippen molar-refractivity contribution in [3.63, 3.8) is 0 Å². The fourth-order valence-electron chi connectivity index (χ4n) is 3.27. The van der Waals surface area contributed by atoms with Crippen LogP contribution in [0.15, 0.2) is 70.7 Å². The van der Waals surface area contributed by atoms with Gasteiger partial charge in [-0.15, -0.1) is 0 Å². The Bertz CT molecular complexity index is 1290. The number of barbiturate groups is 1. The number of nitrogens with one attached hydrogen (secondary N) is 1. The van der Waals surface area contributed by atoms with Crippen LogP contribution in [0.5, 0.6) is 5.75 Å². The lowest BCUT2D eigenvalue weighted by molar-refractivity contribution is -0.384. The van der Waals surface area contributed by atoms with Crippen molar-refractivity contribution in [3.8, 4) is 17.1 Å². The van der Waals surface area contributed by atoms with Gasteiger partial charge in [0, 0.05) is 17.7 Å². The number of non-ortho nitro benzene ring substituents is 1. The van der Waals surface area contributed by atoms with E-state index in [1.165, 1.54) is 36.4 Å². The number of nitro benzene ring substituents is 1. The molecule has 1 aromatic heterocycles. The van der Waals surface area contributed by atoms with Gasteiger partial charge in [0.05, 0.1) is 17.2 Å². The summed E-state index contributed by atoms with van der Waals surface area (Å²) in [5.41, 5.74) is 0.415. The van der Waals surface area contributed by atoms with Gasteiger partial charge in [-0.25, -0.2) is 9.69 Å². The minimum atomic E-state index is -0.889. The quantitative estimate of drug-likeness (QED) is 0.262. The molecule has 4 amide bonds. The van der Waals surface area contributed by atoms with Crippen molar-refractivity contribution < 1.29 is 28.5 Å². The molecule has 0 radical (unpaired) electrons. The lowest BCUT2D eigenvalue weighted by atomic mass is 10.1. The molecule has 2 heterocycles. The third-order valence-electron chi connectivity index (χ3n) is 4.78. The van der Waals surface area contributed by atoms with Crippen molar-refractivity contribution in [2.75, 3.05) is 11.5 Å². The normalized spacial score (nSPS) is 15.0. The molecule has 0 aliphatic carbocycles. The van der Waals surface area contributed by atoms with E-state index >= 15 is 0 Å². The number of hydrogen-bond donors (Lipinski definition) is 1. The molecule has 0 bridgehead atoms. The van der Waals surface area contributed by atoms with E-state index in [0.717, 1.165) is 4.90 Å². The van der Waals surface area contributed by atoms with Crippen LogP contribution in [-0.2, 0) is 9.59 Å². The molecule has 166 valence electrons. The Hall–Kier alpha value is -4.73. The van der Waals surface area contributed by atoms with Gasteiger partial charge in [0.25, 0.3) is 17.5 Å². The first kappa shape index (κ1) is 21.5. The zero-order chi connectivity index (χ0) is 23.5. The first-order valence-electron chi connectivity index (χ1n) is 9.87. The van der Waals surface area contributed by atoms with E-state index in [-0.39, 0.29) is 22.7 Å². The number of urea groups is 1. The molecule has 0 atom stereocenters. The number of rotatable bonds is 6. The van der Waals surface area contributed by atoms with E-state index in [0.29, 0.717) is 23.7 Å². The first-order valence-corrected chi connectivity index (χ1v) is 9.87. The number of furan rings is 1. The summed E-state index contributed by atoms with van der Waals surface area (Å²) in [5, 5.41) is 13.0. The molecule has 10 nitrogen and oxygen atoms in total. The number of hydrogen-bond acceptors (Lipinski definition) is 7. The Balaban J connectivity index is 1.65. The predicted molar refractivity (Wildman–Crippen MR) is 117 cm³/mol. The number of benzene rings is 2. The lowest BCUT2D eigenvalue weighted by Crippen LogP contribution is -2.54. The number of para-hydroxylation sites is 2. The van der Waals surface area contributed by atoms with Gasteiger partial charge in [-0.3, -0.25) is 25.0 Å². The highest BCUT2D eigenvalue weighted by Crippen LogP contribution is 2.31. The summed E-state index contributed by atoms with van der Waals surface area (Å²) < 4.78 is 11.2. The minimum absolute atomic E-state index is 0.0609. The Morgan fingerprint density at radius 2 is 1.79 bits per heavy atom. The largest absolute Gasteiger partial charge is 0.492 e. The highest BCUT2D eigenvalue weighted by molar-refractivity contribution is 6.39. The molecule has 1 fully saturated rings. The van der Waals surface area contributed by atoms with Crippen molar-refractivity contribution >= 4 is 35.3 Å². The summed E-state index contributed by atoms with van der Waals surface area (Å²) in [4.78, 5) is 49.1. The SMILES string of the molecule is CCOc1ccccc1N1C(=O)NC(=O)/C(=C/c2ccc(-c3ccc([N+](=O)[O-])cc3)o2)C1=O. The molecule has 2 aromatic carbocycles. The molecule has 0 spiro atoms. The van der Waals surface area contributed by atoms with E-state index < -0.39 is 22.8 Å². The number of anilines is 1. The summed E-state index contributed by atoms with van der Waals surface area (Å²) in [6.45, 7) is 2.09. The number of ether oxygens (including phenoxy) is 1. The highest BCUT2D eigenvalue weighted by atomic mass is 16.6. The second-order valence-electron chi connectivity index (χ2n) is 6.86. The van der Waals surface area contributed by atoms with Crippen LogP contribution in [-0.4, -0.2) is 29.4 Å². The van der Waals surface area contributed by atoms with Gasteiger partial charge in [-0.05, 0) is 49.4 Å². The van der Waals surface area contributed by atoms with Crippen LogP contribution in [0.3, 0.4) is 0 Å². The molecule has 3 aromatic rings. The van der Waals surface area contributed by atoms with Gasteiger partial charge < -0.3 is 9.15 Å². The topological polar surface area (TPSA) is 132 Å². The molecule has 4 rings (SSSR count). The van der Waals surface area contributed by atoms with E-state index in [1.54, 1.807) is 37.3 Å². The molecular weight excluding hydrogens is 430 g/mol. The molecule has 10 heteroatoms. The fraction of sp³-hybridized carbons (Fsp3) is 0.0870. The number of amides is 4. The third kappa shape index (κ3) is 4.22. The molecular formula is C23H17N3O7. The number of nitrogens with zero attached hydrogens (tertiary/aromatic N) is 2. The van der Waals surface area contributed by atoms with E-state index in [4.69, 9.17) is 9.15 Å². The maximum absolute atomic E-state index is 13.1. The average molecular weight is 447 g/mol. The van der Waals surface area contributed by atoms with Crippen LogP contribution in [0.2, 0.25) is 0 Å². The lowest BCUT2D eigenvalue weighted by Gasteiger charge is -2.27. The van der Waals surface area contributed by atoms with Gasteiger partial charge in [0.1, 0.15) is 22.8 Å². The second kappa shape index (κ2) is 8.79. The van der Waals surface area contributed by atoms with Gasteiger partial charge >= 0.3 is 6.03 Å². The number of carbonyl (C=O) groups excluding carboxylic acids is 3. The van der Waals surface area contributed by atoms with Crippen molar-refractivity contribution in [2.45, 2.75) is 6.92 Å². The summed E-state index contributed by atoms with van der Waals surface area (Å²) in [6.07, 6.45) is 1.23. The Morgan fingerprint density at radius 3 is 2.48 bits per heavy atom. The first-order chi connectivity index (χ1) is 15.9. The van der Waals surface area contributed by atoms with Crippen LogP contribution in [0.1, 0.15) is 12.7 Å². The Kier molecular flexibility index (Phi) is 5.73. The standard InChI is InChI=1S/C23H17N3O7/c1-2-32-20-6-4-3-5-18(20)25-22(28)17(21(27)24-23(25)29)13-16-11-12-19(33-16)14-7-9-15(10-8-14)26(30)31/h3-13H,2H2,1H3,(H,24,27,29)/b17-13-.